The first-order valence-electron chi connectivity index (χ1n) is 22.1. The number of aryl methyl sites for hydroxylation is 5. The number of benzene rings is 3. The third-order valence-electron chi connectivity index (χ3n) is 11.2. The number of hydrogen-bond acceptors (Lipinski definition) is 11. The van der Waals surface area contributed by atoms with Gasteiger partial charge in [0.25, 0.3) is 11.8 Å². The summed E-state index contributed by atoms with van der Waals surface area (Å²) in [6.07, 6.45) is 4.75. The van der Waals surface area contributed by atoms with Crippen LogP contribution in [-0.2, 0) is 37.4 Å². The summed E-state index contributed by atoms with van der Waals surface area (Å²) in [5.41, 5.74) is 18.3. The summed E-state index contributed by atoms with van der Waals surface area (Å²) in [6.45, 7) is 11.5. The van der Waals surface area contributed by atoms with Crippen molar-refractivity contribution in [3.8, 4) is 11.5 Å². The van der Waals surface area contributed by atoms with Crippen molar-refractivity contribution in [3.63, 3.8) is 0 Å². The van der Waals surface area contributed by atoms with E-state index in [1.54, 1.807) is 44.1 Å². The van der Waals surface area contributed by atoms with Gasteiger partial charge in [-0.1, -0.05) is 42.5 Å². The number of hydrogen-bond donors (Lipinski definition) is 4. The molecule has 0 saturated heterocycles. The monoisotopic (exact) mass is 911 g/mol. The van der Waals surface area contributed by atoms with E-state index in [9.17, 15) is 19.2 Å². The number of fused-ring (bicyclic) bond motifs is 2. The van der Waals surface area contributed by atoms with Crippen LogP contribution in [0.25, 0.3) is 22.1 Å². The SMILES string of the molecule is CCn1nc(C)cc1C(=O)Nc1nc2cc(C(N)=O)cc(OC)c2n1C/C=C/Cn1c(NC(=O)c2cc(C)nn2CC)nc2cc(C)cc(OCCCN(C)C(=O)C(N)Cc3ccccc3)c21. The van der Waals surface area contributed by atoms with Crippen LogP contribution in [-0.4, -0.2) is 101 Å². The molecule has 0 bridgehead atoms. The molecule has 67 heavy (non-hydrogen) atoms. The summed E-state index contributed by atoms with van der Waals surface area (Å²) in [6, 6.07) is 19.4. The molecule has 0 aliphatic heterocycles. The quantitative estimate of drug-likeness (QED) is 0.0557. The smallest absolute Gasteiger partial charge is 0.276 e. The Balaban J connectivity index is 1.18. The van der Waals surface area contributed by atoms with Gasteiger partial charge in [-0.3, -0.25) is 39.2 Å². The largest absolute Gasteiger partial charge is 0.494 e. The molecule has 3 aromatic carbocycles. The lowest BCUT2D eigenvalue weighted by Gasteiger charge is -2.21. The highest BCUT2D eigenvalue weighted by molar-refractivity contribution is 6.05. The number of aromatic nitrogens is 8. The van der Waals surface area contributed by atoms with Gasteiger partial charge in [0.15, 0.2) is 0 Å². The van der Waals surface area contributed by atoms with Crippen LogP contribution in [0.4, 0.5) is 11.9 Å². The Kier molecular flexibility index (Phi) is 14.5. The lowest BCUT2D eigenvalue weighted by atomic mass is 10.1. The molecule has 4 amide bonds. The second-order valence-corrected chi connectivity index (χ2v) is 16.2. The minimum absolute atomic E-state index is 0.155. The van der Waals surface area contributed by atoms with Gasteiger partial charge in [0.1, 0.15) is 33.9 Å². The number of nitrogens with one attached hydrogen (secondary N) is 2. The fourth-order valence-electron chi connectivity index (χ4n) is 8.01. The molecule has 7 rings (SSSR count). The molecule has 7 aromatic rings. The molecule has 6 N–H and O–H groups in total. The number of amides is 4. The fraction of sp³-hybridized carbons (Fsp3) is 0.333. The Bertz CT molecular complexity index is 2980. The maximum absolute atomic E-state index is 13.9. The second kappa shape index (κ2) is 20.6. The first kappa shape index (κ1) is 47.2. The number of likely N-dealkylation sites (N-methyl/N-ethyl adjacent to an activating group) is 1. The summed E-state index contributed by atoms with van der Waals surface area (Å²) in [4.78, 5) is 64.3. The van der Waals surface area contributed by atoms with Crippen LogP contribution in [0.15, 0.2) is 78.9 Å². The van der Waals surface area contributed by atoms with Crippen molar-refractivity contribution in [2.45, 2.75) is 79.7 Å². The molecule has 0 aliphatic carbocycles. The van der Waals surface area contributed by atoms with Crippen LogP contribution < -0.4 is 31.6 Å². The average molecular weight is 912 g/mol. The predicted molar refractivity (Wildman–Crippen MR) is 255 cm³/mol. The number of nitrogens with zero attached hydrogens (tertiary/aromatic N) is 9. The Morgan fingerprint density at radius 3 is 1.87 bits per heavy atom. The van der Waals surface area contributed by atoms with Gasteiger partial charge in [-0.25, -0.2) is 9.97 Å². The summed E-state index contributed by atoms with van der Waals surface area (Å²) in [5, 5.41) is 14.8. The van der Waals surface area contributed by atoms with E-state index in [0.717, 1.165) is 11.1 Å². The van der Waals surface area contributed by atoms with Crippen LogP contribution in [0.3, 0.4) is 0 Å². The number of carbonyl (C=O) groups is 4. The molecule has 4 aromatic heterocycles. The van der Waals surface area contributed by atoms with Crippen molar-refractivity contribution in [2.24, 2.45) is 11.5 Å². The van der Waals surface area contributed by atoms with Crippen molar-refractivity contribution < 1.29 is 28.7 Å². The molecule has 1 atom stereocenters. The Morgan fingerprint density at radius 1 is 0.776 bits per heavy atom. The predicted octanol–water partition coefficient (Wildman–Crippen LogP) is 5.41. The minimum atomic E-state index is -0.670. The molecule has 350 valence electrons. The number of carbonyl (C=O) groups excluding carboxylic acids is 4. The van der Waals surface area contributed by atoms with Gasteiger partial charge >= 0.3 is 0 Å². The van der Waals surface area contributed by atoms with Gasteiger partial charge in [-0.15, -0.1) is 0 Å². The van der Waals surface area contributed by atoms with Gasteiger partial charge in [0, 0.05) is 45.3 Å². The topological polar surface area (TPSA) is 237 Å². The molecule has 0 radical (unpaired) electrons. The van der Waals surface area contributed by atoms with Crippen LogP contribution in [0.5, 0.6) is 11.5 Å². The molecule has 4 heterocycles. The lowest BCUT2D eigenvalue weighted by molar-refractivity contribution is -0.131. The van der Waals surface area contributed by atoms with E-state index in [0.29, 0.717) is 88.8 Å². The Morgan fingerprint density at radius 2 is 1.33 bits per heavy atom. The molecule has 19 heteroatoms. The number of primary amides is 1. The van der Waals surface area contributed by atoms with E-state index < -0.39 is 17.9 Å². The van der Waals surface area contributed by atoms with Crippen LogP contribution in [0.1, 0.15) is 74.1 Å². The number of methoxy groups -OCH3 is 1. The van der Waals surface area contributed by atoms with Crippen molar-refractivity contribution in [1.82, 2.24) is 43.6 Å². The zero-order valence-electron chi connectivity index (χ0n) is 38.9. The standard InChI is InChI=1S/C48H57N13O6/c1-8-60-37(24-30(4)55-60)44(63)53-47-51-35-22-29(3)23-40(67-21-15-18-57(6)46(65)34(49)26-32-16-11-10-12-17-32)42(35)59(47)20-14-13-19-58-41-36(27-33(43(50)62)28-39(41)66-7)52-48(58)54-45(64)38-25-31(5)56-61(38)9-2/h10-14,16-17,22-25,27-28,34H,8-9,15,18-21,26,49H2,1-7H3,(H2,50,62)(H,51,53,63)(H,52,54,64)/b14-13+. The minimum Gasteiger partial charge on any atom is -0.494 e. The zero-order chi connectivity index (χ0) is 47.9. The lowest BCUT2D eigenvalue weighted by Crippen LogP contribution is -2.43. The summed E-state index contributed by atoms with van der Waals surface area (Å²) in [5.74, 6) is -0.261. The van der Waals surface area contributed by atoms with E-state index in [-0.39, 0.29) is 49.0 Å². The Hall–Kier alpha value is -7.80. The maximum atomic E-state index is 13.9. The van der Waals surface area contributed by atoms with Gasteiger partial charge < -0.3 is 35.0 Å². The number of ether oxygens (including phenoxy) is 2. The van der Waals surface area contributed by atoms with Gasteiger partial charge in [-0.05, 0) is 95.0 Å². The molecule has 0 fully saturated rings. The third-order valence-corrected chi connectivity index (χ3v) is 11.2. The van der Waals surface area contributed by atoms with Crippen LogP contribution in [0, 0.1) is 20.8 Å². The molecule has 19 nitrogen and oxygen atoms in total. The van der Waals surface area contributed by atoms with Gasteiger partial charge in [0.2, 0.25) is 23.7 Å². The zero-order valence-corrected chi connectivity index (χ0v) is 38.9. The number of rotatable bonds is 20. The number of imidazole rings is 2. The van der Waals surface area contributed by atoms with Crippen LogP contribution >= 0.6 is 0 Å². The highest BCUT2D eigenvalue weighted by atomic mass is 16.5. The van der Waals surface area contributed by atoms with Gasteiger partial charge in [0.05, 0.1) is 42.2 Å². The van der Waals surface area contributed by atoms with Crippen molar-refractivity contribution in [1.29, 1.82) is 0 Å². The maximum Gasteiger partial charge on any atom is 0.276 e. The molecule has 0 spiro atoms. The summed E-state index contributed by atoms with van der Waals surface area (Å²) in [7, 11) is 3.21. The molecule has 0 aliphatic rings. The first-order valence-corrected chi connectivity index (χ1v) is 22.1. The summed E-state index contributed by atoms with van der Waals surface area (Å²) < 4.78 is 19.1. The van der Waals surface area contributed by atoms with E-state index in [2.05, 4.69) is 20.8 Å². The number of nitrogens with two attached hydrogens (primary N) is 2. The van der Waals surface area contributed by atoms with Crippen molar-refractivity contribution in [2.75, 3.05) is 37.9 Å². The number of anilines is 2. The van der Waals surface area contributed by atoms with Crippen molar-refractivity contribution >= 4 is 57.6 Å². The normalized spacial score (nSPS) is 11.9. The molecular weight excluding hydrogens is 855 g/mol. The second-order valence-electron chi connectivity index (χ2n) is 16.2. The molecular formula is C48H57N13O6. The molecule has 1 unspecified atom stereocenters. The average Bonchev–Trinajstić information content (AvgIpc) is 4.08. The van der Waals surface area contributed by atoms with Crippen LogP contribution in [0.2, 0.25) is 0 Å². The van der Waals surface area contributed by atoms with E-state index in [4.69, 9.17) is 30.9 Å². The fourth-order valence-corrected chi connectivity index (χ4v) is 8.01. The Labute approximate surface area is 387 Å². The summed E-state index contributed by atoms with van der Waals surface area (Å²) >= 11 is 0. The van der Waals surface area contributed by atoms with Crippen molar-refractivity contribution in [3.05, 3.63) is 118 Å². The third kappa shape index (κ3) is 10.5. The highest BCUT2D eigenvalue weighted by Gasteiger charge is 2.24. The molecule has 0 saturated carbocycles. The van der Waals surface area contributed by atoms with Gasteiger partial charge in [-0.2, -0.15) is 10.2 Å². The van der Waals surface area contributed by atoms with E-state index >= 15 is 0 Å². The highest BCUT2D eigenvalue weighted by Crippen LogP contribution is 2.33. The first-order chi connectivity index (χ1) is 32.2. The van der Waals surface area contributed by atoms with E-state index in [1.807, 2.05) is 93.8 Å². The number of allylic oxidation sites excluding steroid dienone is 2. The van der Waals surface area contributed by atoms with E-state index in [1.165, 1.54) is 13.2 Å².